The number of hydrogen-bond acceptors (Lipinski definition) is 2. The molecule has 0 fully saturated rings. The van der Waals surface area contributed by atoms with Crippen LogP contribution in [0.3, 0.4) is 0 Å². The number of benzene rings is 1. The Kier molecular flexibility index (Phi) is 3.90. The first-order chi connectivity index (χ1) is 9.32. The summed E-state index contributed by atoms with van der Waals surface area (Å²) in [5, 5.41) is 4.65. The van der Waals surface area contributed by atoms with Crippen LogP contribution in [0, 0.1) is 25.5 Å². The third-order valence-electron chi connectivity index (χ3n) is 3.18. The third kappa shape index (κ3) is 2.45. The zero-order valence-electron chi connectivity index (χ0n) is 11.2. The molecular weight excluding hydrogens is 286 g/mol. The fraction of sp³-hybridized carbons (Fsp3) is 0.286. The van der Waals surface area contributed by atoms with Gasteiger partial charge in [0.25, 0.3) is 0 Å². The van der Waals surface area contributed by atoms with Crippen molar-refractivity contribution in [3.63, 3.8) is 0 Å². The van der Waals surface area contributed by atoms with Gasteiger partial charge in [-0.25, -0.2) is 8.78 Å². The molecule has 0 amide bonds. The number of halogens is 3. The molecule has 0 radical (unpaired) electrons. The highest BCUT2D eigenvalue weighted by atomic mass is 35.5. The molecule has 106 valence electrons. The van der Waals surface area contributed by atoms with Crippen LogP contribution in [-0.2, 0) is 0 Å². The minimum Gasteiger partial charge on any atom is -0.292 e. The Bertz CT molecular complexity index is 682. The molecule has 0 aliphatic carbocycles. The predicted molar refractivity (Wildman–Crippen MR) is 72.1 cm³/mol. The van der Waals surface area contributed by atoms with Crippen LogP contribution in [0.15, 0.2) is 18.2 Å². The second-order valence-corrected chi connectivity index (χ2v) is 4.97. The maximum absolute atomic E-state index is 13.6. The molecule has 0 spiro atoms. The van der Waals surface area contributed by atoms with Crippen LogP contribution < -0.4 is 0 Å². The third-order valence-corrected chi connectivity index (χ3v) is 3.73. The van der Waals surface area contributed by atoms with Crippen molar-refractivity contribution in [2.75, 3.05) is 0 Å². The van der Waals surface area contributed by atoms with Crippen molar-refractivity contribution < 1.29 is 13.6 Å². The predicted octanol–water partition coefficient (Wildman–Crippen LogP) is 3.88. The quantitative estimate of drug-likeness (QED) is 0.806. The van der Waals surface area contributed by atoms with Crippen molar-refractivity contribution in [3.8, 4) is 0 Å². The smallest absolute Gasteiger partial charge is 0.190 e. The first kappa shape index (κ1) is 14.7. The lowest BCUT2D eigenvalue weighted by Crippen LogP contribution is -2.20. The van der Waals surface area contributed by atoms with Gasteiger partial charge in [0.05, 0.1) is 22.0 Å². The molecule has 0 saturated heterocycles. The van der Waals surface area contributed by atoms with Crippen LogP contribution in [0.2, 0.25) is 5.02 Å². The zero-order chi connectivity index (χ0) is 15.0. The molecule has 1 aromatic heterocycles. The van der Waals surface area contributed by atoms with Gasteiger partial charge in [-0.15, -0.1) is 0 Å². The number of rotatable bonds is 3. The van der Waals surface area contributed by atoms with Gasteiger partial charge in [-0.2, -0.15) is 5.10 Å². The number of Topliss-reactive ketones (excluding diaryl/α,β-unsaturated/α-hetero) is 1. The number of ketones is 1. The van der Waals surface area contributed by atoms with Crippen molar-refractivity contribution in [1.82, 2.24) is 9.78 Å². The standard InChI is InChI=1S/C14H13ClF2N2O/c1-7-13(15)8(2)19(18-7)9(3)14(20)11-5-4-10(16)6-12(11)17/h4-6,9H,1-3H3. The highest BCUT2D eigenvalue weighted by Gasteiger charge is 2.24. The number of nitrogens with zero attached hydrogens (tertiary/aromatic N) is 2. The molecule has 0 bridgehead atoms. The topological polar surface area (TPSA) is 34.9 Å². The molecule has 2 aromatic rings. The fourth-order valence-corrected chi connectivity index (χ4v) is 2.17. The molecule has 2 rings (SSSR count). The van der Waals surface area contributed by atoms with E-state index in [9.17, 15) is 13.6 Å². The second kappa shape index (κ2) is 5.32. The van der Waals surface area contributed by atoms with E-state index in [0.717, 1.165) is 12.1 Å². The molecule has 6 heteroatoms. The van der Waals surface area contributed by atoms with Crippen LogP contribution in [0.5, 0.6) is 0 Å². The van der Waals surface area contributed by atoms with Gasteiger partial charge in [0, 0.05) is 6.07 Å². The Balaban J connectivity index is 2.40. The molecule has 0 N–H and O–H groups in total. The summed E-state index contributed by atoms with van der Waals surface area (Å²) in [5.74, 6) is -2.08. The van der Waals surface area contributed by atoms with E-state index in [2.05, 4.69) is 5.10 Å². The summed E-state index contributed by atoms with van der Waals surface area (Å²) >= 11 is 6.03. The minimum absolute atomic E-state index is 0.164. The molecule has 1 aromatic carbocycles. The Morgan fingerprint density at radius 3 is 2.50 bits per heavy atom. The summed E-state index contributed by atoms with van der Waals surface area (Å²) in [6.45, 7) is 5.05. The first-order valence-electron chi connectivity index (χ1n) is 6.03. The van der Waals surface area contributed by atoms with Crippen LogP contribution >= 0.6 is 11.6 Å². The Labute approximate surface area is 120 Å². The van der Waals surface area contributed by atoms with E-state index >= 15 is 0 Å². The van der Waals surface area contributed by atoms with E-state index in [4.69, 9.17) is 11.6 Å². The number of aryl methyl sites for hydroxylation is 1. The van der Waals surface area contributed by atoms with E-state index in [0.29, 0.717) is 22.5 Å². The van der Waals surface area contributed by atoms with Gasteiger partial charge in [0.2, 0.25) is 0 Å². The Morgan fingerprint density at radius 2 is 2.00 bits per heavy atom. The lowest BCUT2D eigenvalue weighted by Gasteiger charge is -2.13. The lowest BCUT2D eigenvalue weighted by molar-refractivity contribution is 0.0922. The van der Waals surface area contributed by atoms with E-state index in [1.165, 1.54) is 4.68 Å². The summed E-state index contributed by atoms with van der Waals surface area (Å²) in [5.41, 5.74) is 1.07. The summed E-state index contributed by atoms with van der Waals surface area (Å²) in [4.78, 5) is 12.3. The van der Waals surface area contributed by atoms with Crippen LogP contribution in [0.25, 0.3) is 0 Å². The highest BCUT2D eigenvalue weighted by Crippen LogP contribution is 2.24. The molecular formula is C14H13ClF2N2O. The summed E-state index contributed by atoms with van der Waals surface area (Å²) in [6.07, 6.45) is 0. The first-order valence-corrected chi connectivity index (χ1v) is 6.41. The normalized spacial score (nSPS) is 12.5. The van der Waals surface area contributed by atoms with Gasteiger partial charge in [-0.3, -0.25) is 9.48 Å². The van der Waals surface area contributed by atoms with Crippen molar-refractivity contribution in [3.05, 3.63) is 51.8 Å². The van der Waals surface area contributed by atoms with Gasteiger partial charge in [0.1, 0.15) is 17.7 Å². The van der Waals surface area contributed by atoms with Gasteiger partial charge < -0.3 is 0 Å². The number of carbonyl (C=O) groups excluding carboxylic acids is 1. The van der Waals surface area contributed by atoms with E-state index in [-0.39, 0.29) is 5.56 Å². The largest absolute Gasteiger partial charge is 0.292 e. The zero-order valence-corrected chi connectivity index (χ0v) is 12.0. The molecule has 3 nitrogen and oxygen atoms in total. The number of carbonyl (C=O) groups is 1. The molecule has 0 aliphatic heterocycles. The van der Waals surface area contributed by atoms with Crippen molar-refractivity contribution in [2.24, 2.45) is 0 Å². The Morgan fingerprint density at radius 1 is 1.35 bits per heavy atom. The molecule has 20 heavy (non-hydrogen) atoms. The summed E-state index contributed by atoms with van der Waals surface area (Å²) in [6, 6.07) is 2.16. The maximum atomic E-state index is 13.6. The summed E-state index contributed by atoms with van der Waals surface area (Å²) in [7, 11) is 0. The highest BCUT2D eigenvalue weighted by molar-refractivity contribution is 6.31. The van der Waals surface area contributed by atoms with Crippen molar-refractivity contribution in [1.29, 1.82) is 0 Å². The van der Waals surface area contributed by atoms with E-state index in [1.807, 2.05) is 0 Å². The Hall–Kier alpha value is -1.75. The maximum Gasteiger partial charge on any atom is 0.190 e. The van der Waals surface area contributed by atoms with Gasteiger partial charge in [-0.1, -0.05) is 11.6 Å². The average Bonchev–Trinajstić information content (AvgIpc) is 2.65. The van der Waals surface area contributed by atoms with Crippen LogP contribution in [-0.4, -0.2) is 15.6 Å². The van der Waals surface area contributed by atoms with Gasteiger partial charge >= 0.3 is 0 Å². The van der Waals surface area contributed by atoms with Crippen LogP contribution in [0.1, 0.15) is 34.7 Å². The van der Waals surface area contributed by atoms with Gasteiger partial charge in [-0.05, 0) is 32.9 Å². The number of hydrogen-bond donors (Lipinski definition) is 0. The molecule has 1 unspecified atom stereocenters. The van der Waals surface area contributed by atoms with E-state index < -0.39 is 23.5 Å². The molecule has 0 saturated carbocycles. The van der Waals surface area contributed by atoms with Gasteiger partial charge in [0.15, 0.2) is 5.78 Å². The lowest BCUT2D eigenvalue weighted by atomic mass is 10.0. The SMILES string of the molecule is Cc1nn(C(C)C(=O)c2ccc(F)cc2F)c(C)c1Cl. The molecule has 1 heterocycles. The molecule has 1 atom stereocenters. The minimum atomic E-state index is -0.880. The monoisotopic (exact) mass is 298 g/mol. The molecule has 0 aliphatic rings. The van der Waals surface area contributed by atoms with Crippen molar-refractivity contribution in [2.45, 2.75) is 26.8 Å². The number of aromatic nitrogens is 2. The second-order valence-electron chi connectivity index (χ2n) is 4.59. The van der Waals surface area contributed by atoms with Crippen LogP contribution in [0.4, 0.5) is 8.78 Å². The average molecular weight is 299 g/mol. The van der Waals surface area contributed by atoms with E-state index in [1.54, 1.807) is 20.8 Å². The fourth-order valence-electron chi connectivity index (χ4n) is 2.05. The summed E-state index contributed by atoms with van der Waals surface area (Å²) < 4.78 is 28.0. The van der Waals surface area contributed by atoms with Crippen molar-refractivity contribution >= 4 is 17.4 Å².